The Morgan fingerprint density at radius 3 is 2.72 bits per heavy atom. The minimum Gasteiger partial charge on any atom is -0.369 e. The van der Waals surface area contributed by atoms with E-state index in [2.05, 4.69) is 35.9 Å². The lowest BCUT2D eigenvalue weighted by Gasteiger charge is -2.12. The molecule has 0 bridgehead atoms. The Hall–Kier alpha value is -4.67. The summed E-state index contributed by atoms with van der Waals surface area (Å²) in [5, 5.41) is 8.54. The fourth-order valence-electron chi connectivity index (χ4n) is 3.13. The molecule has 0 unspecified atom stereocenters. The largest absolute Gasteiger partial charge is 0.369 e. The number of benzene rings is 1. The SMILES string of the molecule is Nc1nc2[nH]c(CCNC(=O)Nc3ccccc3C(=O)Nc3cccnc3)cc2c(=O)[nH]1. The highest BCUT2D eigenvalue weighted by Crippen LogP contribution is 2.17. The van der Waals surface area contributed by atoms with Gasteiger partial charge in [-0.1, -0.05) is 12.1 Å². The number of aromatic amines is 2. The first-order valence-corrected chi connectivity index (χ1v) is 9.72. The lowest BCUT2D eigenvalue weighted by Crippen LogP contribution is -2.31. The number of para-hydroxylation sites is 1. The van der Waals surface area contributed by atoms with Crippen molar-refractivity contribution < 1.29 is 9.59 Å². The summed E-state index contributed by atoms with van der Waals surface area (Å²) in [6, 6.07) is 11.3. The number of urea groups is 1. The van der Waals surface area contributed by atoms with Crippen molar-refractivity contribution in [3.8, 4) is 0 Å². The second-order valence-corrected chi connectivity index (χ2v) is 6.88. The van der Waals surface area contributed by atoms with Crippen molar-refractivity contribution in [2.24, 2.45) is 0 Å². The van der Waals surface area contributed by atoms with Crippen molar-refractivity contribution in [3.05, 3.63) is 76.5 Å². The van der Waals surface area contributed by atoms with Crippen LogP contribution >= 0.6 is 0 Å². The van der Waals surface area contributed by atoms with Crippen LogP contribution in [0.5, 0.6) is 0 Å². The van der Waals surface area contributed by atoms with E-state index in [9.17, 15) is 14.4 Å². The van der Waals surface area contributed by atoms with Gasteiger partial charge in [0.25, 0.3) is 11.5 Å². The van der Waals surface area contributed by atoms with Gasteiger partial charge in [-0.25, -0.2) is 4.79 Å². The van der Waals surface area contributed by atoms with Gasteiger partial charge in [0, 0.05) is 24.9 Å². The van der Waals surface area contributed by atoms with Crippen LogP contribution in [-0.2, 0) is 6.42 Å². The average Bonchev–Trinajstić information content (AvgIpc) is 3.18. The Kier molecular flexibility index (Phi) is 5.79. The molecule has 0 aliphatic carbocycles. The van der Waals surface area contributed by atoms with Crippen LogP contribution in [0.25, 0.3) is 11.0 Å². The average molecular weight is 432 g/mol. The molecule has 7 N–H and O–H groups in total. The van der Waals surface area contributed by atoms with E-state index in [1.54, 1.807) is 48.7 Å². The summed E-state index contributed by atoms with van der Waals surface area (Å²) in [5.74, 6) is -0.344. The number of pyridine rings is 1. The molecule has 0 saturated heterocycles. The fourth-order valence-corrected chi connectivity index (χ4v) is 3.13. The van der Waals surface area contributed by atoms with Crippen molar-refractivity contribution in [3.63, 3.8) is 0 Å². The quantitative estimate of drug-likeness (QED) is 0.271. The van der Waals surface area contributed by atoms with E-state index in [0.717, 1.165) is 5.69 Å². The molecule has 3 heterocycles. The molecule has 3 amide bonds. The van der Waals surface area contributed by atoms with Gasteiger partial charge in [-0.15, -0.1) is 0 Å². The van der Waals surface area contributed by atoms with Gasteiger partial charge in [0.1, 0.15) is 5.65 Å². The van der Waals surface area contributed by atoms with E-state index in [1.807, 2.05) is 0 Å². The first-order chi connectivity index (χ1) is 15.5. The zero-order chi connectivity index (χ0) is 22.5. The molecule has 11 nitrogen and oxygen atoms in total. The zero-order valence-electron chi connectivity index (χ0n) is 16.8. The summed E-state index contributed by atoms with van der Waals surface area (Å²) in [7, 11) is 0. The molecule has 1 aromatic carbocycles. The van der Waals surface area contributed by atoms with Gasteiger partial charge in [0.05, 0.1) is 28.5 Å². The molecule has 0 saturated carbocycles. The monoisotopic (exact) mass is 432 g/mol. The number of H-pyrrole nitrogens is 2. The van der Waals surface area contributed by atoms with E-state index >= 15 is 0 Å². The third kappa shape index (κ3) is 4.73. The first kappa shape index (κ1) is 20.6. The Morgan fingerprint density at radius 1 is 1.06 bits per heavy atom. The van der Waals surface area contributed by atoms with Crippen LogP contribution in [-0.4, -0.2) is 38.4 Å². The molecule has 4 rings (SSSR count). The fraction of sp³-hybridized carbons (Fsp3) is 0.0952. The van der Waals surface area contributed by atoms with Gasteiger partial charge < -0.3 is 26.7 Å². The van der Waals surface area contributed by atoms with Crippen molar-refractivity contribution in [2.75, 3.05) is 22.9 Å². The number of carbonyl (C=O) groups excluding carboxylic acids is 2. The lowest BCUT2D eigenvalue weighted by atomic mass is 10.1. The maximum Gasteiger partial charge on any atom is 0.319 e. The maximum absolute atomic E-state index is 12.6. The highest BCUT2D eigenvalue weighted by atomic mass is 16.2. The van der Waals surface area contributed by atoms with Crippen molar-refractivity contribution in [1.82, 2.24) is 25.3 Å². The number of rotatable bonds is 6. The molecule has 4 aromatic rings. The van der Waals surface area contributed by atoms with Gasteiger partial charge in [-0.3, -0.25) is 19.6 Å². The second kappa shape index (κ2) is 9.00. The number of nitrogens with two attached hydrogens (primary N) is 1. The Morgan fingerprint density at radius 2 is 1.91 bits per heavy atom. The topological polar surface area (TPSA) is 171 Å². The summed E-state index contributed by atoms with van der Waals surface area (Å²) in [6.45, 7) is 0.288. The minimum absolute atomic E-state index is 0.0274. The molecule has 0 atom stereocenters. The van der Waals surface area contributed by atoms with Crippen LogP contribution in [0, 0.1) is 0 Å². The normalized spacial score (nSPS) is 10.6. The molecule has 3 aromatic heterocycles. The lowest BCUT2D eigenvalue weighted by molar-refractivity contribution is 0.102. The molecule has 32 heavy (non-hydrogen) atoms. The van der Waals surface area contributed by atoms with Gasteiger partial charge >= 0.3 is 6.03 Å². The summed E-state index contributed by atoms with van der Waals surface area (Å²) < 4.78 is 0. The van der Waals surface area contributed by atoms with Gasteiger partial charge in [-0.2, -0.15) is 4.98 Å². The molecule has 0 spiro atoms. The number of fused-ring (bicyclic) bond motifs is 1. The number of aromatic nitrogens is 4. The summed E-state index contributed by atoms with van der Waals surface area (Å²) in [5.41, 5.74) is 7.54. The number of nitrogens with zero attached hydrogens (tertiary/aromatic N) is 2. The molecule has 0 radical (unpaired) electrons. The van der Waals surface area contributed by atoms with E-state index in [4.69, 9.17) is 5.73 Å². The summed E-state index contributed by atoms with van der Waals surface area (Å²) in [4.78, 5) is 50.3. The first-order valence-electron chi connectivity index (χ1n) is 9.72. The molecular formula is C21H20N8O3. The third-order valence-electron chi connectivity index (χ3n) is 4.59. The number of hydrogen-bond acceptors (Lipinski definition) is 6. The molecule has 11 heteroatoms. The standard InChI is InChI=1S/C21H20N8O3/c22-20-28-17-15(19(31)29-20)10-12(25-17)7-9-24-21(32)27-16-6-2-1-5-14(16)18(30)26-13-4-3-8-23-11-13/h1-6,8,10-11H,7,9H2,(H,26,30)(H2,24,27,32)(H4,22,25,28,29,31). The number of hydrogen-bond donors (Lipinski definition) is 6. The number of nitrogens with one attached hydrogen (secondary N) is 5. The van der Waals surface area contributed by atoms with Crippen molar-refractivity contribution >= 4 is 40.3 Å². The minimum atomic E-state index is -0.469. The van der Waals surface area contributed by atoms with Crippen molar-refractivity contribution in [1.29, 1.82) is 0 Å². The van der Waals surface area contributed by atoms with E-state index < -0.39 is 6.03 Å². The molecule has 162 valence electrons. The highest BCUT2D eigenvalue weighted by molar-refractivity contribution is 6.09. The highest BCUT2D eigenvalue weighted by Gasteiger charge is 2.13. The van der Waals surface area contributed by atoms with E-state index in [-0.39, 0.29) is 24.0 Å². The predicted molar refractivity (Wildman–Crippen MR) is 120 cm³/mol. The summed E-state index contributed by atoms with van der Waals surface area (Å²) in [6.07, 6.45) is 3.57. The number of nitrogen functional groups attached to an aromatic ring is 1. The van der Waals surface area contributed by atoms with Crippen LogP contribution in [0.15, 0.2) is 59.7 Å². The van der Waals surface area contributed by atoms with E-state index in [1.165, 1.54) is 6.20 Å². The molecule has 0 aliphatic heterocycles. The number of carbonyl (C=O) groups is 2. The van der Waals surface area contributed by atoms with Crippen molar-refractivity contribution in [2.45, 2.75) is 6.42 Å². The zero-order valence-corrected chi connectivity index (χ0v) is 16.8. The Labute approximate surface area is 181 Å². The summed E-state index contributed by atoms with van der Waals surface area (Å²) >= 11 is 0. The van der Waals surface area contributed by atoms with E-state index in [0.29, 0.717) is 34.4 Å². The number of amides is 3. The molecule has 0 fully saturated rings. The van der Waals surface area contributed by atoms with Gasteiger partial charge in [0.2, 0.25) is 5.95 Å². The Bertz CT molecular complexity index is 1330. The smallest absolute Gasteiger partial charge is 0.319 e. The van der Waals surface area contributed by atoms with Crippen LogP contribution < -0.4 is 27.2 Å². The maximum atomic E-state index is 12.6. The van der Waals surface area contributed by atoms with Gasteiger partial charge in [-0.05, 0) is 30.3 Å². The molecule has 0 aliphatic rings. The van der Waals surface area contributed by atoms with Crippen LogP contribution in [0.4, 0.5) is 22.1 Å². The third-order valence-corrected chi connectivity index (χ3v) is 4.59. The van der Waals surface area contributed by atoms with Crippen LogP contribution in [0.3, 0.4) is 0 Å². The van der Waals surface area contributed by atoms with Crippen LogP contribution in [0.1, 0.15) is 16.1 Å². The predicted octanol–water partition coefficient (Wildman–Crippen LogP) is 1.84. The number of anilines is 3. The van der Waals surface area contributed by atoms with Crippen LogP contribution in [0.2, 0.25) is 0 Å². The van der Waals surface area contributed by atoms with Gasteiger partial charge in [0.15, 0.2) is 0 Å². The Balaban J connectivity index is 1.36. The second-order valence-electron chi connectivity index (χ2n) is 6.88. The molecular weight excluding hydrogens is 412 g/mol.